The Hall–Kier alpha value is -3.78. The maximum Gasteiger partial charge on any atom is 0.274 e. The van der Waals surface area contributed by atoms with Crippen molar-refractivity contribution in [2.24, 2.45) is 0 Å². The Morgan fingerprint density at radius 1 is 0.889 bits per heavy atom. The second-order valence-electron chi connectivity index (χ2n) is 8.81. The van der Waals surface area contributed by atoms with Crippen LogP contribution in [-0.2, 0) is 12.8 Å². The molecule has 2 heterocycles. The highest BCUT2D eigenvalue weighted by Gasteiger charge is 2.26. The summed E-state index contributed by atoms with van der Waals surface area (Å²) in [4.78, 5) is 44.8. The van der Waals surface area contributed by atoms with Crippen LogP contribution in [0.3, 0.4) is 0 Å². The Labute approximate surface area is 214 Å². The first-order chi connectivity index (χ1) is 17.4. The molecule has 2 aromatic heterocycles. The molecule has 0 aliphatic rings. The van der Waals surface area contributed by atoms with Gasteiger partial charge < -0.3 is 10.6 Å². The van der Waals surface area contributed by atoms with E-state index in [9.17, 15) is 14.4 Å². The first kappa shape index (κ1) is 25.3. The summed E-state index contributed by atoms with van der Waals surface area (Å²) in [6.07, 6.45) is 4.66. The highest BCUT2D eigenvalue weighted by molar-refractivity contribution is 7.19. The van der Waals surface area contributed by atoms with Crippen LogP contribution in [0.4, 0.5) is 11.4 Å². The van der Waals surface area contributed by atoms with Gasteiger partial charge >= 0.3 is 0 Å². The van der Waals surface area contributed by atoms with E-state index >= 15 is 0 Å². The number of aromatic nitrogens is 2. The topological polar surface area (TPSA) is 92.6 Å². The minimum absolute atomic E-state index is 0.0183. The number of hydrogen-bond acceptors (Lipinski definition) is 5. The molecule has 186 valence electrons. The van der Waals surface area contributed by atoms with Crippen molar-refractivity contribution in [1.29, 1.82) is 0 Å². The molecule has 2 aromatic carbocycles. The van der Waals surface area contributed by atoms with Crippen molar-refractivity contribution in [3.63, 3.8) is 0 Å². The molecule has 36 heavy (non-hydrogen) atoms. The third-order valence-corrected chi connectivity index (χ3v) is 6.88. The summed E-state index contributed by atoms with van der Waals surface area (Å²) in [5, 5.41) is 5.69. The summed E-state index contributed by atoms with van der Waals surface area (Å²) < 4.78 is 1.23. The lowest BCUT2D eigenvalue weighted by molar-refractivity contribution is 0.0989. The van der Waals surface area contributed by atoms with Crippen molar-refractivity contribution in [3.05, 3.63) is 92.3 Å². The fraction of sp³-hybridized carbons (Fsp3) is 0.286. The first-order valence-corrected chi connectivity index (χ1v) is 13.0. The largest absolute Gasteiger partial charge is 0.321 e. The van der Waals surface area contributed by atoms with Crippen LogP contribution < -0.4 is 16.2 Å². The number of amides is 2. The van der Waals surface area contributed by atoms with Gasteiger partial charge in [0.05, 0.1) is 0 Å². The number of nitrogens with one attached hydrogen (secondary N) is 2. The van der Waals surface area contributed by atoms with Gasteiger partial charge in [0.2, 0.25) is 0 Å². The van der Waals surface area contributed by atoms with E-state index in [4.69, 9.17) is 0 Å². The molecule has 7 nitrogen and oxygen atoms in total. The van der Waals surface area contributed by atoms with Crippen molar-refractivity contribution in [1.82, 2.24) is 9.38 Å². The van der Waals surface area contributed by atoms with Gasteiger partial charge in [-0.25, -0.2) is 9.38 Å². The third-order valence-electron chi connectivity index (χ3n) is 5.84. The van der Waals surface area contributed by atoms with Gasteiger partial charge in [-0.2, -0.15) is 0 Å². The van der Waals surface area contributed by atoms with E-state index in [1.54, 1.807) is 12.1 Å². The second kappa shape index (κ2) is 11.3. The molecule has 0 atom stereocenters. The quantitative estimate of drug-likeness (QED) is 0.300. The minimum Gasteiger partial charge on any atom is -0.321 e. The van der Waals surface area contributed by atoms with Crippen molar-refractivity contribution in [2.75, 3.05) is 10.6 Å². The monoisotopic (exact) mass is 502 g/mol. The lowest BCUT2D eigenvalue weighted by Gasteiger charge is -2.09. The number of carbonyl (C=O) groups is 2. The Kier molecular flexibility index (Phi) is 7.95. The summed E-state index contributed by atoms with van der Waals surface area (Å²) in [5.41, 5.74) is 3.69. The van der Waals surface area contributed by atoms with Gasteiger partial charge in [0.1, 0.15) is 10.6 Å². The molecule has 0 aliphatic carbocycles. The van der Waals surface area contributed by atoms with Crippen LogP contribution in [0.2, 0.25) is 0 Å². The number of aryl methyl sites for hydroxylation is 3. The SMILES string of the molecule is CCCCc1ccc(NC(=O)c2c(C(=O)Nc3ccc(C)cc3)sc3nc(CCC)cc(=O)n23)cc1. The van der Waals surface area contributed by atoms with Crippen molar-refractivity contribution < 1.29 is 9.59 Å². The lowest BCUT2D eigenvalue weighted by Crippen LogP contribution is -2.25. The van der Waals surface area contributed by atoms with E-state index < -0.39 is 11.8 Å². The molecule has 0 radical (unpaired) electrons. The number of rotatable bonds is 9. The highest BCUT2D eigenvalue weighted by Crippen LogP contribution is 2.24. The van der Waals surface area contributed by atoms with E-state index in [2.05, 4.69) is 22.5 Å². The van der Waals surface area contributed by atoms with Crippen LogP contribution in [0.1, 0.15) is 70.1 Å². The van der Waals surface area contributed by atoms with E-state index in [0.717, 1.165) is 42.6 Å². The lowest BCUT2D eigenvalue weighted by atomic mass is 10.1. The Morgan fingerprint density at radius 2 is 1.53 bits per heavy atom. The normalized spacial score (nSPS) is 11.0. The molecule has 0 spiro atoms. The molecular weight excluding hydrogens is 472 g/mol. The van der Waals surface area contributed by atoms with Gasteiger partial charge in [0.15, 0.2) is 4.96 Å². The van der Waals surface area contributed by atoms with Crippen LogP contribution in [0.15, 0.2) is 59.4 Å². The van der Waals surface area contributed by atoms with Gasteiger partial charge in [-0.15, -0.1) is 0 Å². The van der Waals surface area contributed by atoms with Gasteiger partial charge in [-0.05, 0) is 56.0 Å². The number of benzene rings is 2. The molecule has 0 unspecified atom stereocenters. The van der Waals surface area contributed by atoms with Crippen molar-refractivity contribution in [2.45, 2.75) is 52.9 Å². The van der Waals surface area contributed by atoms with Gasteiger partial charge in [-0.3, -0.25) is 14.4 Å². The average Bonchev–Trinajstić information content (AvgIpc) is 3.26. The van der Waals surface area contributed by atoms with Crippen LogP contribution >= 0.6 is 11.3 Å². The fourth-order valence-electron chi connectivity index (χ4n) is 3.92. The van der Waals surface area contributed by atoms with E-state index in [-0.39, 0.29) is 16.1 Å². The summed E-state index contributed by atoms with van der Waals surface area (Å²) in [6.45, 7) is 6.11. The number of anilines is 2. The number of fused-ring (bicyclic) bond motifs is 1. The molecule has 0 saturated heterocycles. The van der Waals surface area contributed by atoms with Crippen molar-refractivity contribution in [3.8, 4) is 0 Å². The van der Waals surface area contributed by atoms with Gasteiger partial charge in [-0.1, -0.05) is 67.9 Å². The summed E-state index contributed by atoms with van der Waals surface area (Å²) in [7, 11) is 0. The number of carbonyl (C=O) groups excluding carboxylic acids is 2. The van der Waals surface area contributed by atoms with Crippen LogP contribution in [0.25, 0.3) is 4.96 Å². The summed E-state index contributed by atoms with van der Waals surface area (Å²) in [5.74, 6) is -1.00. The molecule has 2 amide bonds. The maximum absolute atomic E-state index is 13.5. The predicted octanol–water partition coefficient (Wildman–Crippen LogP) is 5.86. The van der Waals surface area contributed by atoms with Crippen LogP contribution in [0.5, 0.6) is 0 Å². The standard InChI is InChI=1S/C28H30N4O3S/c1-4-6-8-19-11-15-21(16-12-19)29-26(34)24-25(27(35)30-20-13-9-18(3)10-14-20)36-28-31-22(7-5-2)17-23(33)32(24)28/h9-17H,4-8H2,1-3H3,(H,29,34)(H,30,35). The zero-order valence-corrected chi connectivity index (χ0v) is 21.6. The Balaban J connectivity index is 1.71. The molecular formula is C28H30N4O3S. The van der Waals surface area contributed by atoms with Crippen LogP contribution in [-0.4, -0.2) is 21.2 Å². The van der Waals surface area contributed by atoms with Gasteiger partial charge in [0.25, 0.3) is 17.4 Å². The molecule has 0 saturated carbocycles. The highest BCUT2D eigenvalue weighted by atomic mass is 32.1. The predicted molar refractivity (Wildman–Crippen MR) is 145 cm³/mol. The third kappa shape index (κ3) is 5.71. The van der Waals surface area contributed by atoms with Crippen LogP contribution in [0, 0.1) is 6.92 Å². The van der Waals surface area contributed by atoms with Crippen molar-refractivity contribution >= 4 is 39.5 Å². The second-order valence-corrected chi connectivity index (χ2v) is 9.79. The van der Waals surface area contributed by atoms with E-state index in [1.165, 1.54) is 16.0 Å². The fourth-order valence-corrected chi connectivity index (χ4v) is 4.96. The van der Waals surface area contributed by atoms with E-state index in [1.807, 2.05) is 50.2 Å². The van der Waals surface area contributed by atoms with E-state index in [0.29, 0.717) is 28.5 Å². The smallest absolute Gasteiger partial charge is 0.274 e. The molecule has 0 aliphatic heterocycles. The molecule has 4 rings (SSSR count). The molecule has 4 aromatic rings. The van der Waals surface area contributed by atoms with Gasteiger partial charge in [0, 0.05) is 23.1 Å². The molecule has 0 fully saturated rings. The zero-order chi connectivity index (χ0) is 25.7. The molecule has 8 heteroatoms. The minimum atomic E-state index is -0.538. The Bertz CT molecular complexity index is 1440. The average molecular weight is 503 g/mol. The zero-order valence-electron chi connectivity index (χ0n) is 20.8. The number of hydrogen-bond donors (Lipinski definition) is 2. The molecule has 2 N–H and O–H groups in total. The number of unbranched alkanes of at least 4 members (excludes halogenated alkanes) is 1. The number of thiazole rings is 1. The maximum atomic E-state index is 13.5. The number of nitrogens with zero attached hydrogens (tertiary/aromatic N) is 2. The first-order valence-electron chi connectivity index (χ1n) is 12.2. The Morgan fingerprint density at radius 3 is 2.17 bits per heavy atom. The summed E-state index contributed by atoms with van der Waals surface area (Å²) >= 11 is 1.04. The summed E-state index contributed by atoms with van der Waals surface area (Å²) in [6, 6.07) is 16.4. The molecule has 0 bridgehead atoms.